The summed E-state index contributed by atoms with van der Waals surface area (Å²) >= 11 is 1.38. The van der Waals surface area contributed by atoms with Crippen molar-refractivity contribution < 1.29 is 17.9 Å². The molecular weight excluding hydrogens is 450 g/mol. The minimum Gasteiger partial charge on any atom is -0.461 e. The van der Waals surface area contributed by atoms with Crippen LogP contribution in [0.4, 0.5) is 0 Å². The van der Waals surface area contributed by atoms with Crippen LogP contribution < -0.4 is 4.72 Å². The topological polar surface area (TPSA) is 117 Å². The predicted octanol–water partition coefficient (Wildman–Crippen LogP) is 2.06. The maximum absolute atomic E-state index is 12.4. The Morgan fingerprint density at radius 2 is 2.19 bits per heavy atom. The SMILES string of the molecule is CCOC(=O)c1ncsc1Cn1c2c(c3cc(C#N)ccc31)C[C@@H](NS(=O)(=O)N(C)C)C2. The van der Waals surface area contributed by atoms with Crippen LogP contribution in [0.1, 0.15) is 39.1 Å². The van der Waals surface area contributed by atoms with Gasteiger partial charge in [0.1, 0.15) is 0 Å². The number of aromatic nitrogens is 2. The van der Waals surface area contributed by atoms with E-state index in [1.807, 2.05) is 12.1 Å². The molecule has 0 aliphatic heterocycles. The summed E-state index contributed by atoms with van der Waals surface area (Å²) in [5.41, 5.74) is 5.40. The largest absolute Gasteiger partial charge is 0.461 e. The average molecular weight is 474 g/mol. The molecule has 2 aromatic heterocycles. The maximum Gasteiger partial charge on any atom is 0.358 e. The molecule has 1 N–H and O–H groups in total. The zero-order chi connectivity index (χ0) is 23.0. The fourth-order valence-electron chi connectivity index (χ4n) is 4.03. The van der Waals surface area contributed by atoms with Gasteiger partial charge >= 0.3 is 5.97 Å². The molecule has 0 saturated heterocycles. The van der Waals surface area contributed by atoms with Gasteiger partial charge in [-0.25, -0.2) is 9.78 Å². The Hall–Kier alpha value is -2.78. The summed E-state index contributed by atoms with van der Waals surface area (Å²) in [6, 6.07) is 7.38. The first-order valence-corrected chi connectivity index (χ1v) is 12.4. The molecule has 11 heteroatoms. The van der Waals surface area contributed by atoms with Crippen molar-refractivity contribution in [2.24, 2.45) is 0 Å². The molecule has 0 bridgehead atoms. The Bertz CT molecular complexity index is 1330. The van der Waals surface area contributed by atoms with Crippen LogP contribution in [0.2, 0.25) is 0 Å². The van der Waals surface area contributed by atoms with Gasteiger partial charge in [0.05, 0.1) is 35.2 Å². The lowest BCUT2D eigenvalue weighted by Gasteiger charge is -2.18. The molecule has 4 rings (SSSR count). The first kappa shape index (κ1) is 22.4. The zero-order valence-electron chi connectivity index (χ0n) is 18.0. The number of carbonyl (C=O) groups excluding carboxylic acids is 1. The molecule has 1 aromatic carbocycles. The van der Waals surface area contributed by atoms with Gasteiger partial charge < -0.3 is 9.30 Å². The highest BCUT2D eigenvalue weighted by Crippen LogP contribution is 2.35. The Morgan fingerprint density at radius 3 is 2.88 bits per heavy atom. The Morgan fingerprint density at radius 1 is 1.41 bits per heavy atom. The molecule has 2 heterocycles. The van der Waals surface area contributed by atoms with Crippen LogP contribution in [0.3, 0.4) is 0 Å². The van der Waals surface area contributed by atoms with Gasteiger partial charge in [0.2, 0.25) is 0 Å². The first-order valence-electron chi connectivity index (χ1n) is 10.1. The van der Waals surface area contributed by atoms with Crippen LogP contribution >= 0.6 is 11.3 Å². The second-order valence-electron chi connectivity index (χ2n) is 7.71. The van der Waals surface area contributed by atoms with Crippen molar-refractivity contribution in [3.8, 4) is 6.07 Å². The molecule has 168 valence electrons. The van der Waals surface area contributed by atoms with E-state index in [0.717, 1.165) is 31.3 Å². The average Bonchev–Trinajstić information content (AvgIpc) is 3.43. The number of benzene rings is 1. The molecule has 3 aromatic rings. The summed E-state index contributed by atoms with van der Waals surface area (Å²) in [7, 11) is -0.606. The van der Waals surface area contributed by atoms with Gasteiger partial charge in [0, 0.05) is 43.2 Å². The van der Waals surface area contributed by atoms with E-state index in [9.17, 15) is 18.5 Å². The highest BCUT2D eigenvalue weighted by Gasteiger charge is 2.32. The highest BCUT2D eigenvalue weighted by molar-refractivity contribution is 7.87. The van der Waals surface area contributed by atoms with Gasteiger partial charge in [0.25, 0.3) is 10.2 Å². The number of nitrogens with one attached hydrogen (secondary N) is 1. The summed E-state index contributed by atoms with van der Waals surface area (Å²) in [6.07, 6.45) is 1.03. The zero-order valence-corrected chi connectivity index (χ0v) is 19.6. The van der Waals surface area contributed by atoms with Crippen LogP contribution in [0.5, 0.6) is 0 Å². The van der Waals surface area contributed by atoms with E-state index < -0.39 is 16.2 Å². The number of carbonyl (C=O) groups is 1. The Balaban J connectivity index is 1.75. The molecule has 0 amide bonds. The van der Waals surface area contributed by atoms with Gasteiger partial charge in [-0.3, -0.25) is 0 Å². The quantitative estimate of drug-likeness (QED) is 0.525. The standard InChI is InChI=1S/C21H23N5O4S2/c1-4-30-21(27)20-19(31-12-23-20)11-26-17-6-5-13(10-22)7-15(17)16-8-14(9-18(16)26)24-32(28,29)25(2)3/h5-7,12,14,24H,4,8-9,11H2,1-3H3/t14-/m1/s1. The van der Waals surface area contributed by atoms with Gasteiger partial charge in [-0.15, -0.1) is 11.3 Å². The lowest BCUT2D eigenvalue weighted by Crippen LogP contribution is -2.42. The number of fused-ring (bicyclic) bond motifs is 3. The monoisotopic (exact) mass is 473 g/mol. The Labute approximate surface area is 190 Å². The number of ether oxygens (including phenoxy) is 1. The van der Waals surface area contributed by atoms with Crippen LogP contribution in [0, 0.1) is 11.3 Å². The smallest absolute Gasteiger partial charge is 0.358 e. The second kappa shape index (κ2) is 8.63. The Kier molecular flexibility index (Phi) is 6.05. The molecule has 9 nitrogen and oxygen atoms in total. The minimum absolute atomic E-state index is 0.266. The van der Waals surface area contributed by atoms with Crippen molar-refractivity contribution in [3.63, 3.8) is 0 Å². The number of hydrogen-bond acceptors (Lipinski definition) is 7. The predicted molar refractivity (Wildman–Crippen MR) is 121 cm³/mol. The normalized spacial score (nSPS) is 15.8. The maximum atomic E-state index is 12.4. The number of nitrogens with zero attached hydrogens (tertiary/aromatic N) is 4. The highest BCUT2D eigenvalue weighted by atomic mass is 32.2. The van der Waals surface area contributed by atoms with Crippen molar-refractivity contribution in [3.05, 3.63) is 51.1 Å². The second-order valence-corrected chi connectivity index (χ2v) is 10.6. The molecular formula is C21H23N5O4S2. The van der Waals surface area contributed by atoms with E-state index in [2.05, 4.69) is 20.3 Å². The number of hydrogen-bond donors (Lipinski definition) is 1. The van der Waals surface area contributed by atoms with Crippen molar-refractivity contribution in [2.75, 3.05) is 20.7 Å². The van der Waals surface area contributed by atoms with E-state index in [-0.39, 0.29) is 12.6 Å². The lowest BCUT2D eigenvalue weighted by atomic mass is 10.1. The molecule has 1 atom stereocenters. The fraction of sp³-hybridized carbons (Fsp3) is 0.381. The van der Waals surface area contributed by atoms with E-state index in [4.69, 9.17) is 4.74 Å². The van der Waals surface area contributed by atoms with Crippen LogP contribution in [0.15, 0.2) is 23.7 Å². The third-order valence-corrected chi connectivity index (χ3v) is 7.92. The number of nitriles is 1. The van der Waals surface area contributed by atoms with E-state index >= 15 is 0 Å². The van der Waals surface area contributed by atoms with E-state index in [0.29, 0.717) is 30.6 Å². The third-order valence-electron chi connectivity index (χ3n) is 5.51. The van der Waals surface area contributed by atoms with Gasteiger partial charge in [0.15, 0.2) is 5.69 Å². The molecule has 0 saturated carbocycles. The van der Waals surface area contributed by atoms with Gasteiger partial charge in [-0.1, -0.05) is 0 Å². The fourth-order valence-corrected chi connectivity index (χ4v) is 5.57. The molecule has 0 unspecified atom stereocenters. The van der Waals surface area contributed by atoms with E-state index in [1.165, 1.54) is 25.4 Å². The number of rotatable bonds is 7. The first-order chi connectivity index (χ1) is 15.2. The number of thiazole rings is 1. The van der Waals surface area contributed by atoms with Crippen molar-refractivity contribution in [1.29, 1.82) is 5.26 Å². The lowest BCUT2D eigenvalue weighted by molar-refractivity contribution is 0.0519. The summed E-state index contributed by atoms with van der Waals surface area (Å²) in [5, 5.41) is 10.3. The van der Waals surface area contributed by atoms with Crippen molar-refractivity contribution >= 4 is 38.4 Å². The molecule has 1 aliphatic carbocycles. The van der Waals surface area contributed by atoms with Crippen LogP contribution in [0.25, 0.3) is 10.9 Å². The summed E-state index contributed by atoms with van der Waals surface area (Å²) in [4.78, 5) is 17.3. The van der Waals surface area contributed by atoms with Gasteiger partial charge in [-0.05, 0) is 37.1 Å². The van der Waals surface area contributed by atoms with Crippen molar-refractivity contribution in [2.45, 2.75) is 32.4 Å². The van der Waals surface area contributed by atoms with E-state index in [1.54, 1.807) is 18.5 Å². The molecule has 0 radical (unpaired) electrons. The molecule has 32 heavy (non-hydrogen) atoms. The van der Waals surface area contributed by atoms with Crippen molar-refractivity contribution in [1.82, 2.24) is 18.6 Å². The summed E-state index contributed by atoms with van der Waals surface area (Å²) < 4.78 is 35.8. The van der Waals surface area contributed by atoms with Crippen LogP contribution in [-0.2, 0) is 34.3 Å². The molecule has 0 fully saturated rings. The van der Waals surface area contributed by atoms with Crippen LogP contribution in [-0.4, -0.2) is 55.0 Å². The molecule has 1 aliphatic rings. The molecule has 0 spiro atoms. The third kappa shape index (κ3) is 4.02. The summed E-state index contributed by atoms with van der Waals surface area (Å²) in [5.74, 6) is -0.458. The van der Waals surface area contributed by atoms with Gasteiger partial charge in [-0.2, -0.15) is 22.7 Å². The minimum atomic E-state index is -3.58. The number of esters is 1. The summed E-state index contributed by atoms with van der Waals surface area (Å²) in [6.45, 7) is 2.42.